The van der Waals surface area contributed by atoms with Gasteiger partial charge in [0, 0.05) is 16.3 Å². The standard InChI is InChI=1S/C17H13ClN4/c1-11-4-2-3-5-15(11)20-17-14(10-19)16(21-22-17)12-6-8-13(18)9-7-12/h2-9H,1H3,(H2,20,21,22). The fourth-order valence-corrected chi connectivity index (χ4v) is 2.33. The van der Waals surface area contributed by atoms with Gasteiger partial charge in [-0.1, -0.05) is 41.9 Å². The summed E-state index contributed by atoms with van der Waals surface area (Å²) in [6, 6.07) is 17.3. The second-order valence-electron chi connectivity index (χ2n) is 4.88. The Kier molecular flexibility index (Phi) is 3.82. The van der Waals surface area contributed by atoms with Crippen LogP contribution in [0.1, 0.15) is 11.1 Å². The van der Waals surface area contributed by atoms with Crippen LogP contribution in [-0.2, 0) is 0 Å². The molecule has 2 N–H and O–H groups in total. The first-order chi connectivity index (χ1) is 10.7. The number of aromatic amines is 1. The molecule has 0 amide bonds. The Morgan fingerprint density at radius 3 is 2.55 bits per heavy atom. The summed E-state index contributed by atoms with van der Waals surface area (Å²) < 4.78 is 0. The largest absolute Gasteiger partial charge is 0.337 e. The number of rotatable bonds is 3. The van der Waals surface area contributed by atoms with E-state index in [9.17, 15) is 5.26 Å². The predicted molar refractivity (Wildman–Crippen MR) is 88.2 cm³/mol. The fourth-order valence-electron chi connectivity index (χ4n) is 2.21. The average Bonchev–Trinajstić information content (AvgIpc) is 2.93. The molecular formula is C17H13ClN4. The lowest BCUT2D eigenvalue weighted by Crippen LogP contribution is -1.95. The molecule has 0 radical (unpaired) electrons. The van der Waals surface area contributed by atoms with E-state index in [0.717, 1.165) is 16.8 Å². The number of nitrogens with one attached hydrogen (secondary N) is 2. The van der Waals surface area contributed by atoms with Gasteiger partial charge in [-0.2, -0.15) is 10.4 Å². The summed E-state index contributed by atoms with van der Waals surface area (Å²) in [5.41, 5.74) is 4.03. The summed E-state index contributed by atoms with van der Waals surface area (Å²) in [5.74, 6) is 0.516. The third-order valence-electron chi connectivity index (χ3n) is 3.41. The van der Waals surface area contributed by atoms with E-state index in [1.54, 1.807) is 12.1 Å². The normalized spacial score (nSPS) is 10.2. The first-order valence-electron chi connectivity index (χ1n) is 6.76. The monoisotopic (exact) mass is 308 g/mol. The molecule has 3 aromatic rings. The van der Waals surface area contributed by atoms with E-state index in [1.807, 2.05) is 43.3 Å². The molecule has 0 atom stereocenters. The van der Waals surface area contributed by atoms with Gasteiger partial charge < -0.3 is 5.32 Å². The molecule has 1 aromatic heterocycles. The first-order valence-corrected chi connectivity index (χ1v) is 7.14. The van der Waals surface area contributed by atoms with E-state index in [1.165, 1.54) is 0 Å². The van der Waals surface area contributed by atoms with Crippen LogP contribution in [-0.4, -0.2) is 10.2 Å². The average molecular weight is 309 g/mol. The minimum atomic E-state index is 0.477. The maximum Gasteiger partial charge on any atom is 0.170 e. The summed E-state index contributed by atoms with van der Waals surface area (Å²) in [6.45, 7) is 2.00. The number of hydrogen-bond acceptors (Lipinski definition) is 3. The van der Waals surface area contributed by atoms with Gasteiger partial charge in [-0.3, -0.25) is 5.10 Å². The molecule has 5 heteroatoms. The molecule has 0 fully saturated rings. The Labute approximate surface area is 133 Å². The molecule has 0 unspecified atom stereocenters. The van der Waals surface area contributed by atoms with E-state index in [4.69, 9.17) is 11.6 Å². The van der Waals surface area contributed by atoms with Gasteiger partial charge in [0.15, 0.2) is 5.82 Å². The van der Waals surface area contributed by atoms with Crippen molar-refractivity contribution in [2.24, 2.45) is 0 Å². The van der Waals surface area contributed by atoms with Crippen molar-refractivity contribution >= 4 is 23.1 Å². The summed E-state index contributed by atoms with van der Waals surface area (Å²) in [4.78, 5) is 0. The van der Waals surface area contributed by atoms with E-state index in [0.29, 0.717) is 22.1 Å². The number of nitriles is 1. The third kappa shape index (κ3) is 2.67. The lowest BCUT2D eigenvalue weighted by Gasteiger charge is -2.06. The fraction of sp³-hybridized carbons (Fsp3) is 0.0588. The molecule has 0 bridgehead atoms. The maximum absolute atomic E-state index is 9.48. The van der Waals surface area contributed by atoms with Crippen molar-refractivity contribution in [2.75, 3.05) is 5.32 Å². The van der Waals surface area contributed by atoms with E-state index in [-0.39, 0.29) is 0 Å². The summed E-state index contributed by atoms with van der Waals surface area (Å²) in [6.07, 6.45) is 0. The van der Waals surface area contributed by atoms with Gasteiger partial charge in [0.25, 0.3) is 0 Å². The zero-order chi connectivity index (χ0) is 15.5. The highest BCUT2D eigenvalue weighted by molar-refractivity contribution is 6.30. The van der Waals surface area contributed by atoms with Gasteiger partial charge in [-0.15, -0.1) is 0 Å². The molecule has 0 spiro atoms. The second-order valence-corrected chi connectivity index (χ2v) is 5.32. The van der Waals surface area contributed by atoms with Gasteiger partial charge in [0.05, 0.1) is 5.69 Å². The Morgan fingerprint density at radius 2 is 1.86 bits per heavy atom. The van der Waals surface area contributed by atoms with Gasteiger partial charge in [-0.25, -0.2) is 0 Å². The Hall–Kier alpha value is -2.77. The minimum Gasteiger partial charge on any atom is -0.337 e. The number of halogens is 1. The molecule has 0 saturated carbocycles. The number of para-hydroxylation sites is 1. The van der Waals surface area contributed by atoms with Crippen molar-refractivity contribution in [1.29, 1.82) is 5.26 Å². The summed E-state index contributed by atoms with van der Waals surface area (Å²) >= 11 is 5.90. The smallest absolute Gasteiger partial charge is 0.170 e. The molecule has 0 saturated heterocycles. The Balaban J connectivity index is 2.00. The molecule has 2 aromatic carbocycles. The summed E-state index contributed by atoms with van der Waals surface area (Å²) in [5, 5.41) is 20.5. The topological polar surface area (TPSA) is 64.5 Å². The van der Waals surface area contributed by atoms with Gasteiger partial charge in [0.2, 0.25) is 0 Å². The number of benzene rings is 2. The van der Waals surface area contributed by atoms with Crippen LogP contribution in [0.4, 0.5) is 11.5 Å². The van der Waals surface area contributed by atoms with Crippen LogP contribution >= 0.6 is 11.6 Å². The number of anilines is 2. The molecule has 0 aliphatic rings. The zero-order valence-corrected chi connectivity index (χ0v) is 12.6. The van der Waals surface area contributed by atoms with Crippen LogP contribution < -0.4 is 5.32 Å². The van der Waals surface area contributed by atoms with E-state index in [2.05, 4.69) is 21.6 Å². The summed E-state index contributed by atoms with van der Waals surface area (Å²) in [7, 11) is 0. The van der Waals surface area contributed by atoms with Crippen molar-refractivity contribution in [3.8, 4) is 17.3 Å². The molecular weight excluding hydrogens is 296 g/mol. The first kappa shape index (κ1) is 14.2. The van der Waals surface area contributed by atoms with Crippen LogP contribution in [0.2, 0.25) is 5.02 Å². The highest BCUT2D eigenvalue weighted by Crippen LogP contribution is 2.29. The van der Waals surface area contributed by atoms with Crippen molar-refractivity contribution in [3.63, 3.8) is 0 Å². The quantitative estimate of drug-likeness (QED) is 0.740. The third-order valence-corrected chi connectivity index (χ3v) is 3.66. The number of aromatic nitrogens is 2. The van der Waals surface area contributed by atoms with Crippen LogP contribution in [0, 0.1) is 18.3 Å². The highest BCUT2D eigenvalue weighted by Gasteiger charge is 2.15. The second kappa shape index (κ2) is 5.92. The molecule has 3 rings (SSSR count). The van der Waals surface area contributed by atoms with Crippen LogP contribution in [0.5, 0.6) is 0 Å². The van der Waals surface area contributed by atoms with E-state index < -0.39 is 0 Å². The Bertz CT molecular complexity index is 844. The minimum absolute atomic E-state index is 0.477. The van der Waals surface area contributed by atoms with E-state index >= 15 is 0 Å². The maximum atomic E-state index is 9.48. The molecule has 4 nitrogen and oxygen atoms in total. The zero-order valence-electron chi connectivity index (χ0n) is 11.9. The SMILES string of the molecule is Cc1ccccc1Nc1n[nH]c(-c2ccc(Cl)cc2)c1C#N. The molecule has 0 aliphatic carbocycles. The van der Waals surface area contributed by atoms with Crippen molar-refractivity contribution in [3.05, 3.63) is 64.7 Å². The lowest BCUT2D eigenvalue weighted by atomic mass is 10.1. The number of nitrogens with zero attached hydrogens (tertiary/aromatic N) is 2. The molecule has 1 heterocycles. The molecule has 22 heavy (non-hydrogen) atoms. The number of hydrogen-bond donors (Lipinski definition) is 2. The highest BCUT2D eigenvalue weighted by atomic mass is 35.5. The van der Waals surface area contributed by atoms with Crippen LogP contribution in [0.15, 0.2) is 48.5 Å². The Morgan fingerprint density at radius 1 is 1.14 bits per heavy atom. The van der Waals surface area contributed by atoms with Gasteiger partial charge in [0.1, 0.15) is 11.6 Å². The van der Waals surface area contributed by atoms with Crippen LogP contribution in [0.3, 0.4) is 0 Å². The van der Waals surface area contributed by atoms with Gasteiger partial charge >= 0.3 is 0 Å². The number of aryl methyl sites for hydroxylation is 1. The van der Waals surface area contributed by atoms with Crippen LogP contribution in [0.25, 0.3) is 11.3 Å². The van der Waals surface area contributed by atoms with Crippen molar-refractivity contribution in [1.82, 2.24) is 10.2 Å². The lowest BCUT2D eigenvalue weighted by molar-refractivity contribution is 1.10. The van der Waals surface area contributed by atoms with Crippen molar-refractivity contribution in [2.45, 2.75) is 6.92 Å². The van der Waals surface area contributed by atoms with Crippen molar-refractivity contribution < 1.29 is 0 Å². The predicted octanol–water partition coefficient (Wildman–Crippen LogP) is 4.65. The van der Waals surface area contributed by atoms with Gasteiger partial charge in [-0.05, 0) is 30.7 Å². The number of H-pyrrole nitrogens is 1. The molecule has 0 aliphatic heterocycles. The molecule has 108 valence electrons.